The summed E-state index contributed by atoms with van der Waals surface area (Å²) in [6.07, 6.45) is 2.93. The highest BCUT2D eigenvalue weighted by Gasteiger charge is 2.46. The lowest BCUT2D eigenvalue weighted by atomic mass is 9.95. The molecular weight excluding hydrogens is 176 g/mol. The molecule has 0 saturated heterocycles. The van der Waals surface area contributed by atoms with Gasteiger partial charge < -0.3 is 10.9 Å². The Morgan fingerprint density at radius 1 is 1.36 bits per heavy atom. The highest BCUT2D eigenvalue weighted by molar-refractivity contribution is 5.88. The van der Waals surface area contributed by atoms with E-state index in [9.17, 15) is 0 Å². The predicted octanol–water partition coefficient (Wildman–Crippen LogP) is 1.76. The summed E-state index contributed by atoms with van der Waals surface area (Å²) < 4.78 is 0. The first-order chi connectivity index (χ1) is 6.77. The Morgan fingerprint density at radius 3 is 2.50 bits per heavy atom. The van der Waals surface area contributed by atoms with Gasteiger partial charge >= 0.3 is 0 Å². The van der Waals surface area contributed by atoms with Crippen LogP contribution in [-0.2, 0) is 6.42 Å². The van der Waals surface area contributed by atoms with Crippen LogP contribution in [-0.4, -0.2) is 11.0 Å². The van der Waals surface area contributed by atoms with Gasteiger partial charge in [0.25, 0.3) is 0 Å². The van der Waals surface area contributed by atoms with Gasteiger partial charge in [0.05, 0.1) is 0 Å². The van der Waals surface area contributed by atoms with Crippen molar-refractivity contribution in [2.45, 2.75) is 19.3 Å². The van der Waals surface area contributed by atoms with E-state index >= 15 is 0 Å². The zero-order valence-corrected chi connectivity index (χ0v) is 7.98. The van der Waals surface area contributed by atoms with E-state index in [-0.39, 0.29) is 5.41 Å². The smallest absolute Gasteiger partial charge is 0.145 e. The van der Waals surface area contributed by atoms with Gasteiger partial charge in [0, 0.05) is 5.41 Å². The molecule has 1 aromatic carbocycles. The Morgan fingerprint density at radius 2 is 2.00 bits per heavy atom. The van der Waals surface area contributed by atoms with Crippen molar-refractivity contribution in [1.29, 1.82) is 0 Å². The van der Waals surface area contributed by atoms with Gasteiger partial charge in [-0.3, -0.25) is 0 Å². The van der Waals surface area contributed by atoms with E-state index in [2.05, 4.69) is 17.3 Å². The van der Waals surface area contributed by atoms with Crippen LogP contribution < -0.4 is 5.73 Å². The first-order valence-corrected chi connectivity index (χ1v) is 4.79. The van der Waals surface area contributed by atoms with Crippen LogP contribution in [0.25, 0.3) is 0 Å². The molecule has 2 rings (SSSR count). The van der Waals surface area contributed by atoms with Crippen molar-refractivity contribution in [3.8, 4) is 0 Å². The summed E-state index contributed by atoms with van der Waals surface area (Å²) in [5.74, 6) is 0.376. The quantitative estimate of drug-likeness (QED) is 0.330. The van der Waals surface area contributed by atoms with E-state index in [0.717, 1.165) is 19.3 Å². The van der Waals surface area contributed by atoms with Gasteiger partial charge in [-0.25, -0.2) is 0 Å². The second-order valence-corrected chi connectivity index (χ2v) is 3.93. The minimum Gasteiger partial charge on any atom is -0.409 e. The largest absolute Gasteiger partial charge is 0.409 e. The average molecular weight is 190 g/mol. The maximum atomic E-state index is 8.65. The second kappa shape index (κ2) is 3.33. The molecule has 1 aliphatic carbocycles. The molecule has 0 unspecified atom stereocenters. The number of oxime groups is 1. The molecule has 1 aliphatic rings. The van der Waals surface area contributed by atoms with Crippen LogP contribution in [0.5, 0.6) is 0 Å². The van der Waals surface area contributed by atoms with E-state index in [1.165, 1.54) is 5.56 Å². The fourth-order valence-electron chi connectivity index (χ4n) is 1.77. The van der Waals surface area contributed by atoms with Crippen molar-refractivity contribution < 1.29 is 5.21 Å². The molecule has 14 heavy (non-hydrogen) atoms. The Labute approximate surface area is 83.2 Å². The minimum absolute atomic E-state index is 0.0594. The van der Waals surface area contributed by atoms with Crippen molar-refractivity contribution >= 4 is 5.84 Å². The Hall–Kier alpha value is -1.51. The van der Waals surface area contributed by atoms with Crippen LogP contribution in [0.4, 0.5) is 0 Å². The summed E-state index contributed by atoms with van der Waals surface area (Å²) >= 11 is 0. The van der Waals surface area contributed by atoms with Gasteiger partial charge in [-0.2, -0.15) is 0 Å². The summed E-state index contributed by atoms with van der Waals surface area (Å²) in [5, 5.41) is 11.8. The minimum atomic E-state index is -0.0594. The average Bonchev–Trinajstić information content (AvgIpc) is 2.99. The Bertz CT molecular complexity index is 342. The zero-order chi connectivity index (χ0) is 10.0. The molecule has 0 spiro atoms. The number of nitrogens with zero attached hydrogens (tertiary/aromatic N) is 1. The van der Waals surface area contributed by atoms with Gasteiger partial charge in [-0.15, -0.1) is 0 Å². The third-order valence-corrected chi connectivity index (χ3v) is 2.89. The molecule has 0 amide bonds. The normalized spacial score (nSPS) is 19.3. The predicted molar refractivity (Wildman–Crippen MR) is 55.2 cm³/mol. The third-order valence-electron chi connectivity index (χ3n) is 2.89. The molecule has 3 heteroatoms. The number of amidine groups is 1. The Balaban J connectivity index is 2.12. The van der Waals surface area contributed by atoms with Crippen molar-refractivity contribution in [3.63, 3.8) is 0 Å². The molecule has 0 aliphatic heterocycles. The molecule has 0 atom stereocenters. The SMILES string of the molecule is NC(=NO)C1(Cc2ccccc2)CC1. The van der Waals surface area contributed by atoms with E-state index in [1.807, 2.05) is 18.2 Å². The second-order valence-electron chi connectivity index (χ2n) is 3.93. The summed E-state index contributed by atoms with van der Waals surface area (Å²) in [7, 11) is 0. The molecule has 1 aromatic rings. The van der Waals surface area contributed by atoms with Gasteiger partial charge in [0.15, 0.2) is 0 Å². The van der Waals surface area contributed by atoms with Crippen LogP contribution >= 0.6 is 0 Å². The number of nitrogens with two attached hydrogens (primary N) is 1. The lowest BCUT2D eigenvalue weighted by Gasteiger charge is -2.12. The monoisotopic (exact) mass is 190 g/mol. The molecule has 0 heterocycles. The molecule has 0 bridgehead atoms. The zero-order valence-electron chi connectivity index (χ0n) is 7.98. The van der Waals surface area contributed by atoms with Gasteiger partial charge in [0.2, 0.25) is 0 Å². The van der Waals surface area contributed by atoms with Crippen molar-refractivity contribution in [3.05, 3.63) is 35.9 Å². The molecule has 0 aromatic heterocycles. The molecule has 0 radical (unpaired) electrons. The van der Waals surface area contributed by atoms with Crippen molar-refractivity contribution in [2.24, 2.45) is 16.3 Å². The maximum Gasteiger partial charge on any atom is 0.145 e. The summed E-state index contributed by atoms with van der Waals surface area (Å²) in [6, 6.07) is 10.2. The molecular formula is C11H14N2O. The number of rotatable bonds is 3. The van der Waals surface area contributed by atoms with Crippen LogP contribution in [0.2, 0.25) is 0 Å². The number of benzene rings is 1. The van der Waals surface area contributed by atoms with Crippen molar-refractivity contribution in [1.82, 2.24) is 0 Å². The van der Waals surface area contributed by atoms with E-state index < -0.39 is 0 Å². The summed E-state index contributed by atoms with van der Waals surface area (Å²) in [4.78, 5) is 0. The van der Waals surface area contributed by atoms with E-state index in [1.54, 1.807) is 0 Å². The fourth-order valence-corrected chi connectivity index (χ4v) is 1.77. The lowest BCUT2D eigenvalue weighted by Crippen LogP contribution is -2.27. The van der Waals surface area contributed by atoms with Gasteiger partial charge in [-0.1, -0.05) is 35.5 Å². The number of hydrogen-bond acceptors (Lipinski definition) is 2. The first kappa shape index (κ1) is 9.06. The molecule has 74 valence electrons. The van der Waals surface area contributed by atoms with Gasteiger partial charge in [0.1, 0.15) is 5.84 Å². The molecule has 3 nitrogen and oxygen atoms in total. The van der Waals surface area contributed by atoms with Crippen LogP contribution in [0.15, 0.2) is 35.5 Å². The molecule has 3 N–H and O–H groups in total. The first-order valence-electron chi connectivity index (χ1n) is 4.79. The third kappa shape index (κ3) is 1.58. The van der Waals surface area contributed by atoms with E-state index in [4.69, 9.17) is 10.9 Å². The summed E-state index contributed by atoms with van der Waals surface area (Å²) in [5.41, 5.74) is 6.85. The number of hydrogen-bond donors (Lipinski definition) is 2. The van der Waals surface area contributed by atoms with Crippen LogP contribution in [0, 0.1) is 5.41 Å². The summed E-state index contributed by atoms with van der Waals surface area (Å²) in [6.45, 7) is 0. The van der Waals surface area contributed by atoms with Gasteiger partial charge in [-0.05, 0) is 24.8 Å². The van der Waals surface area contributed by atoms with Crippen LogP contribution in [0.3, 0.4) is 0 Å². The highest BCUT2D eigenvalue weighted by atomic mass is 16.4. The molecule has 1 fully saturated rings. The van der Waals surface area contributed by atoms with Crippen LogP contribution in [0.1, 0.15) is 18.4 Å². The standard InChI is InChI=1S/C11H14N2O/c12-10(13-14)11(6-7-11)8-9-4-2-1-3-5-9/h1-5,14H,6-8H2,(H2,12,13). The topological polar surface area (TPSA) is 58.6 Å². The fraction of sp³-hybridized carbons (Fsp3) is 0.364. The molecule has 1 saturated carbocycles. The Kier molecular flexibility index (Phi) is 2.15. The van der Waals surface area contributed by atoms with Crippen molar-refractivity contribution in [2.75, 3.05) is 0 Å². The highest BCUT2D eigenvalue weighted by Crippen LogP contribution is 2.48. The lowest BCUT2D eigenvalue weighted by molar-refractivity contribution is 0.313. The maximum absolute atomic E-state index is 8.65. The van der Waals surface area contributed by atoms with E-state index in [0.29, 0.717) is 5.84 Å².